The summed E-state index contributed by atoms with van der Waals surface area (Å²) in [5, 5.41) is 2.89. The summed E-state index contributed by atoms with van der Waals surface area (Å²) in [5.74, 6) is 0.515. The largest absolute Gasteiger partial charge is 0.495 e. The number of amides is 1. The summed E-state index contributed by atoms with van der Waals surface area (Å²) in [4.78, 5) is 12.4. The summed E-state index contributed by atoms with van der Waals surface area (Å²) in [6.45, 7) is 1.66. The summed E-state index contributed by atoms with van der Waals surface area (Å²) in [7, 11) is -2.26. The maximum Gasteiger partial charge on any atom is 0.243 e. The molecule has 25 heavy (non-hydrogen) atoms. The highest BCUT2D eigenvalue weighted by atomic mass is 35.5. The maximum absolute atomic E-state index is 12.4. The molecule has 1 aromatic carbocycles. The molecule has 0 aliphatic carbocycles. The van der Waals surface area contributed by atoms with E-state index in [0.29, 0.717) is 11.5 Å². The van der Waals surface area contributed by atoms with Crippen molar-refractivity contribution in [1.29, 1.82) is 0 Å². The lowest BCUT2D eigenvalue weighted by Gasteiger charge is -2.28. The van der Waals surface area contributed by atoms with Crippen LogP contribution >= 0.6 is 11.6 Å². The minimum atomic E-state index is -3.72. The van der Waals surface area contributed by atoms with E-state index in [-0.39, 0.29) is 17.3 Å². The van der Waals surface area contributed by atoms with Crippen LogP contribution in [0.5, 0.6) is 5.75 Å². The number of ether oxygens (including phenoxy) is 1. The quantitative estimate of drug-likeness (QED) is 0.789. The van der Waals surface area contributed by atoms with Crippen LogP contribution in [-0.2, 0) is 21.4 Å². The van der Waals surface area contributed by atoms with Crippen molar-refractivity contribution in [2.24, 2.45) is 0 Å². The molecule has 0 bridgehead atoms. The van der Waals surface area contributed by atoms with Gasteiger partial charge in [-0.3, -0.25) is 9.10 Å². The van der Waals surface area contributed by atoms with Gasteiger partial charge in [-0.05, 0) is 37.3 Å². The van der Waals surface area contributed by atoms with Gasteiger partial charge in [0.2, 0.25) is 15.9 Å². The molecule has 0 saturated carbocycles. The Bertz CT molecular complexity index is 836. The average molecular weight is 387 g/mol. The lowest BCUT2D eigenvalue weighted by atomic mass is 10.2. The van der Waals surface area contributed by atoms with Crippen LogP contribution in [0.1, 0.15) is 12.7 Å². The molecule has 0 unspecified atom stereocenters. The molecule has 0 radical (unpaired) electrons. The molecule has 0 aliphatic heterocycles. The van der Waals surface area contributed by atoms with E-state index >= 15 is 0 Å². The van der Waals surface area contributed by atoms with Crippen LogP contribution in [0.4, 0.5) is 5.69 Å². The van der Waals surface area contributed by atoms with E-state index < -0.39 is 22.0 Å². The topological polar surface area (TPSA) is 88.8 Å². The second-order valence-electron chi connectivity index (χ2n) is 5.35. The summed E-state index contributed by atoms with van der Waals surface area (Å²) in [6, 6.07) is 6.95. The number of sulfonamides is 1. The fourth-order valence-electron chi connectivity index (χ4n) is 2.34. The van der Waals surface area contributed by atoms with Gasteiger partial charge in [-0.2, -0.15) is 0 Å². The predicted molar refractivity (Wildman–Crippen MR) is 95.3 cm³/mol. The monoisotopic (exact) mass is 386 g/mol. The molecule has 2 aromatic rings. The zero-order chi connectivity index (χ0) is 18.6. The Balaban J connectivity index is 2.24. The molecule has 2 rings (SSSR count). The molecule has 1 aromatic heterocycles. The van der Waals surface area contributed by atoms with Crippen LogP contribution in [0, 0.1) is 0 Å². The molecule has 1 atom stereocenters. The SMILES string of the molecule is COc1ccc(N([C@@H](C)C(=O)NCc2ccco2)S(C)(=O)=O)cc1Cl. The van der Waals surface area contributed by atoms with Crippen LogP contribution in [0.2, 0.25) is 5.02 Å². The first-order valence-electron chi connectivity index (χ1n) is 7.37. The van der Waals surface area contributed by atoms with Crippen molar-refractivity contribution in [2.75, 3.05) is 17.7 Å². The Hall–Kier alpha value is -2.19. The van der Waals surface area contributed by atoms with Crippen LogP contribution in [0.3, 0.4) is 0 Å². The van der Waals surface area contributed by atoms with Crippen molar-refractivity contribution in [3.63, 3.8) is 0 Å². The molecule has 7 nitrogen and oxygen atoms in total. The van der Waals surface area contributed by atoms with Crippen molar-refractivity contribution >= 4 is 33.2 Å². The Kier molecular flexibility index (Phi) is 5.97. The van der Waals surface area contributed by atoms with Crippen LogP contribution in [0.15, 0.2) is 41.0 Å². The number of nitrogens with one attached hydrogen (secondary N) is 1. The summed E-state index contributed by atoms with van der Waals surface area (Å²) < 4.78 is 35.7. The molecule has 1 heterocycles. The van der Waals surface area contributed by atoms with Gasteiger partial charge in [-0.25, -0.2) is 8.42 Å². The molecule has 1 amide bonds. The molecular formula is C16H19ClN2O5S. The molecule has 0 fully saturated rings. The van der Waals surface area contributed by atoms with Gasteiger partial charge < -0.3 is 14.5 Å². The molecule has 0 spiro atoms. The normalized spacial score (nSPS) is 12.5. The number of hydrogen-bond acceptors (Lipinski definition) is 5. The van der Waals surface area contributed by atoms with Gasteiger partial charge in [-0.1, -0.05) is 11.6 Å². The molecule has 0 saturated heterocycles. The summed E-state index contributed by atoms with van der Waals surface area (Å²) in [6.07, 6.45) is 2.52. The number of rotatable bonds is 7. The second-order valence-corrected chi connectivity index (χ2v) is 7.62. The third kappa shape index (κ3) is 4.67. The predicted octanol–water partition coefficient (Wildman–Crippen LogP) is 2.41. The Labute approximate surface area is 151 Å². The highest BCUT2D eigenvalue weighted by Crippen LogP contribution is 2.31. The number of furan rings is 1. The molecule has 9 heteroatoms. The zero-order valence-electron chi connectivity index (χ0n) is 14.0. The third-order valence-electron chi connectivity index (χ3n) is 3.50. The number of carbonyl (C=O) groups is 1. The van der Waals surface area contributed by atoms with Gasteiger partial charge >= 0.3 is 0 Å². The van der Waals surface area contributed by atoms with Gasteiger partial charge in [0.25, 0.3) is 0 Å². The molecule has 1 N–H and O–H groups in total. The fraction of sp³-hybridized carbons (Fsp3) is 0.312. The first-order valence-corrected chi connectivity index (χ1v) is 9.59. The van der Waals surface area contributed by atoms with Crippen molar-refractivity contribution in [1.82, 2.24) is 5.32 Å². The van der Waals surface area contributed by atoms with Gasteiger partial charge in [0.05, 0.1) is 36.9 Å². The van der Waals surface area contributed by atoms with E-state index in [1.54, 1.807) is 18.2 Å². The number of methoxy groups -OCH3 is 1. The van der Waals surface area contributed by atoms with Crippen LogP contribution in [0.25, 0.3) is 0 Å². The number of halogens is 1. The Morgan fingerprint density at radius 2 is 2.12 bits per heavy atom. The third-order valence-corrected chi connectivity index (χ3v) is 5.03. The van der Waals surface area contributed by atoms with Gasteiger partial charge in [0.1, 0.15) is 17.6 Å². The van der Waals surface area contributed by atoms with Gasteiger partial charge in [0.15, 0.2) is 0 Å². The fourth-order valence-corrected chi connectivity index (χ4v) is 3.75. The summed E-state index contributed by atoms with van der Waals surface area (Å²) >= 11 is 6.08. The number of carbonyl (C=O) groups excluding carboxylic acids is 1. The lowest BCUT2D eigenvalue weighted by molar-refractivity contribution is -0.122. The molecule has 136 valence electrons. The van der Waals surface area contributed by atoms with E-state index in [0.717, 1.165) is 10.6 Å². The van der Waals surface area contributed by atoms with E-state index in [4.69, 9.17) is 20.8 Å². The number of hydrogen-bond donors (Lipinski definition) is 1. The van der Waals surface area contributed by atoms with E-state index in [1.807, 2.05) is 0 Å². The van der Waals surface area contributed by atoms with E-state index in [2.05, 4.69) is 5.32 Å². The lowest BCUT2D eigenvalue weighted by Crippen LogP contribution is -2.47. The molecule has 0 aliphatic rings. The minimum Gasteiger partial charge on any atom is -0.495 e. The Morgan fingerprint density at radius 1 is 1.40 bits per heavy atom. The highest BCUT2D eigenvalue weighted by molar-refractivity contribution is 7.92. The zero-order valence-corrected chi connectivity index (χ0v) is 15.6. The number of anilines is 1. The van der Waals surface area contributed by atoms with Crippen molar-refractivity contribution in [3.05, 3.63) is 47.4 Å². The Morgan fingerprint density at radius 3 is 2.64 bits per heavy atom. The smallest absolute Gasteiger partial charge is 0.243 e. The van der Waals surface area contributed by atoms with Gasteiger partial charge in [-0.15, -0.1) is 0 Å². The average Bonchev–Trinajstić information content (AvgIpc) is 3.05. The molecular weight excluding hydrogens is 368 g/mol. The van der Waals surface area contributed by atoms with Crippen LogP contribution in [-0.4, -0.2) is 33.7 Å². The van der Waals surface area contributed by atoms with Gasteiger partial charge in [0, 0.05) is 0 Å². The first kappa shape index (κ1) is 19.1. The highest BCUT2D eigenvalue weighted by Gasteiger charge is 2.29. The van der Waals surface area contributed by atoms with E-state index in [9.17, 15) is 13.2 Å². The maximum atomic E-state index is 12.4. The number of nitrogens with zero attached hydrogens (tertiary/aromatic N) is 1. The van der Waals surface area contributed by atoms with Crippen molar-refractivity contribution < 1.29 is 22.4 Å². The van der Waals surface area contributed by atoms with Crippen molar-refractivity contribution in [3.8, 4) is 5.75 Å². The van der Waals surface area contributed by atoms with Crippen molar-refractivity contribution in [2.45, 2.75) is 19.5 Å². The standard InChI is InChI=1S/C16H19ClN2O5S/c1-11(16(20)18-10-13-5-4-8-24-13)19(25(3,21)22)12-6-7-15(23-2)14(17)9-12/h4-9,11H,10H2,1-3H3,(H,18,20)/t11-/m0/s1. The summed E-state index contributed by atoms with van der Waals surface area (Å²) in [5.41, 5.74) is 0.272. The second kappa shape index (κ2) is 7.79. The van der Waals surface area contributed by atoms with Crippen LogP contribution < -0.4 is 14.4 Å². The number of benzene rings is 1. The first-order chi connectivity index (χ1) is 11.7. The van der Waals surface area contributed by atoms with E-state index in [1.165, 1.54) is 32.4 Å². The minimum absolute atomic E-state index is 0.164.